The van der Waals surface area contributed by atoms with Crippen molar-refractivity contribution >= 4 is 35.2 Å². The van der Waals surface area contributed by atoms with Crippen LogP contribution in [0.25, 0.3) is 0 Å². The molecule has 2 saturated carbocycles. The molecule has 0 spiro atoms. The van der Waals surface area contributed by atoms with Crippen molar-refractivity contribution in [3.05, 3.63) is 141 Å². The number of aryl methyl sites for hydroxylation is 1. The van der Waals surface area contributed by atoms with E-state index in [0.717, 1.165) is 94.2 Å². The normalized spacial score (nSPS) is 21.2. The van der Waals surface area contributed by atoms with Crippen molar-refractivity contribution in [2.75, 3.05) is 28.2 Å². The smallest absolute Gasteiger partial charge is 0.353 e. The maximum absolute atomic E-state index is 13.2. The molecule has 0 atom stereocenters. The molecule has 15 heteroatoms. The van der Waals surface area contributed by atoms with Crippen LogP contribution in [0.5, 0.6) is 0 Å². The van der Waals surface area contributed by atoms with Crippen LogP contribution >= 0.6 is 11.6 Å². The van der Waals surface area contributed by atoms with Crippen LogP contribution in [0.15, 0.2) is 91.0 Å². The van der Waals surface area contributed by atoms with E-state index in [1.54, 1.807) is 0 Å². The lowest BCUT2D eigenvalue weighted by Crippen LogP contribution is -2.52. The fraction of sp³-hybridized carbons (Fsp3) is 0.500. The van der Waals surface area contributed by atoms with Crippen molar-refractivity contribution in [2.24, 2.45) is 0 Å². The van der Waals surface area contributed by atoms with E-state index in [1.165, 1.54) is 27.8 Å². The van der Waals surface area contributed by atoms with Crippen LogP contribution in [-0.2, 0) is 57.6 Å². The number of fused-ring (bicyclic) bond motifs is 1. The molecule has 4 amide bonds. The summed E-state index contributed by atoms with van der Waals surface area (Å²) in [6.07, 6.45) is 6.61. The van der Waals surface area contributed by atoms with E-state index >= 15 is 0 Å². The Morgan fingerprint density at radius 2 is 1.07 bits per heavy atom. The van der Waals surface area contributed by atoms with Gasteiger partial charge in [-0.3, -0.25) is 19.2 Å². The van der Waals surface area contributed by atoms with E-state index in [0.29, 0.717) is 6.07 Å². The van der Waals surface area contributed by atoms with Crippen molar-refractivity contribution in [2.45, 2.75) is 152 Å². The van der Waals surface area contributed by atoms with Gasteiger partial charge in [-0.1, -0.05) is 83.9 Å². The van der Waals surface area contributed by atoms with Crippen molar-refractivity contribution in [3.8, 4) is 0 Å². The Bertz CT molecular complexity index is 2420. The number of alkyl halides is 3. The minimum atomic E-state index is -4.73. The van der Waals surface area contributed by atoms with Gasteiger partial charge in [0.15, 0.2) is 0 Å². The predicted molar refractivity (Wildman–Crippen MR) is 271 cm³/mol. The summed E-state index contributed by atoms with van der Waals surface area (Å²) < 4.78 is 52.6. The number of rotatable bonds is 17. The molecule has 0 heterocycles. The standard InChI is InChI=1S/C28H36ClN3O2.C28H35F4N3O2/c1-32(2)28(19-20-6-5-9-23(29)16-20)14-12-24(13-15-28)30-26(33)10-11-27(34)31-25-17-21-7-3-4-8-22(21)18-25;1-19-5-4-6-20(15-19)17-27(35(2)3)13-11-23(12-14-27)34-26(37)10-9-25(36)33-18-21-7-8-22(29)16-24(21)28(30,31)32/h3-9,16,24-25H,10-15,17-19H2,1-2H3,(H,30,33)(H,31,34);4-8,15-16,23H,9-14,17-18H2,1-3H3,(H,33,36)(H,34,37). The second-order valence-corrected chi connectivity index (χ2v) is 20.8. The largest absolute Gasteiger partial charge is 0.416 e. The molecule has 2 fully saturated rings. The molecule has 3 aliphatic carbocycles. The molecule has 3 aliphatic rings. The maximum atomic E-state index is 13.2. The number of carbonyl (C=O) groups is 4. The molecule has 71 heavy (non-hydrogen) atoms. The lowest BCUT2D eigenvalue weighted by Gasteiger charge is -2.45. The van der Waals surface area contributed by atoms with Crippen molar-refractivity contribution < 1.29 is 36.7 Å². The number of nitrogens with one attached hydrogen (secondary N) is 4. The second kappa shape index (κ2) is 24.9. The number of hydrogen-bond acceptors (Lipinski definition) is 6. The first-order chi connectivity index (χ1) is 33.7. The highest BCUT2D eigenvalue weighted by atomic mass is 35.5. The number of amides is 4. The molecular formula is C56H71ClF4N6O4. The van der Waals surface area contributed by atoms with Crippen molar-refractivity contribution in [3.63, 3.8) is 0 Å². The van der Waals surface area contributed by atoms with Crippen LogP contribution in [-0.4, -0.2) is 90.8 Å². The molecule has 7 rings (SSSR count). The summed E-state index contributed by atoms with van der Waals surface area (Å²) in [4.78, 5) is 54.1. The zero-order valence-corrected chi connectivity index (χ0v) is 42.6. The molecule has 0 unspecified atom stereocenters. The van der Waals surface area contributed by atoms with Crippen LogP contribution in [0.2, 0.25) is 5.02 Å². The van der Waals surface area contributed by atoms with Gasteiger partial charge >= 0.3 is 6.18 Å². The Morgan fingerprint density at radius 3 is 1.54 bits per heavy atom. The van der Waals surface area contributed by atoms with Gasteiger partial charge in [-0.15, -0.1) is 0 Å². The second-order valence-electron chi connectivity index (χ2n) is 20.4. The van der Waals surface area contributed by atoms with Crippen LogP contribution in [0.4, 0.5) is 17.6 Å². The summed E-state index contributed by atoms with van der Waals surface area (Å²) in [5.41, 5.74) is 5.14. The Labute approximate surface area is 422 Å². The van der Waals surface area contributed by atoms with E-state index in [-0.39, 0.29) is 78.2 Å². The van der Waals surface area contributed by atoms with Crippen LogP contribution in [0, 0.1) is 12.7 Å². The Morgan fingerprint density at radius 1 is 0.606 bits per heavy atom. The van der Waals surface area contributed by atoms with Gasteiger partial charge in [-0.25, -0.2) is 4.39 Å². The molecule has 384 valence electrons. The fourth-order valence-electron chi connectivity index (χ4n) is 10.7. The highest BCUT2D eigenvalue weighted by Crippen LogP contribution is 2.38. The SMILES string of the molecule is CN(C)C1(Cc2cccc(Cl)c2)CCC(NC(=O)CCC(=O)NC2Cc3ccccc3C2)CC1.Cc1cccc(CC2(N(C)C)CCC(NC(=O)CCC(=O)NCc3ccc(F)cc3C(F)(F)F)CC2)c1. The molecule has 10 nitrogen and oxygen atoms in total. The fourth-order valence-corrected chi connectivity index (χ4v) is 10.9. The van der Waals surface area contributed by atoms with E-state index in [4.69, 9.17) is 11.6 Å². The third kappa shape index (κ3) is 16.1. The highest BCUT2D eigenvalue weighted by Gasteiger charge is 2.39. The number of hydrogen-bond donors (Lipinski definition) is 4. The molecule has 0 aliphatic heterocycles. The number of benzene rings is 4. The summed E-state index contributed by atoms with van der Waals surface area (Å²) in [5.74, 6) is -1.86. The Kier molecular flexibility index (Phi) is 19.3. The number of likely N-dealkylation sites (N-methyl/N-ethyl adjacent to an activating group) is 2. The minimum Gasteiger partial charge on any atom is -0.353 e. The first-order valence-electron chi connectivity index (χ1n) is 24.9. The van der Waals surface area contributed by atoms with E-state index in [9.17, 15) is 36.7 Å². The molecule has 4 aromatic carbocycles. The van der Waals surface area contributed by atoms with Crippen molar-refractivity contribution in [1.82, 2.24) is 31.1 Å². The van der Waals surface area contributed by atoms with Crippen LogP contribution in [0.1, 0.15) is 116 Å². The Hall–Kier alpha value is -5.31. The zero-order valence-electron chi connectivity index (χ0n) is 41.8. The quantitative estimate of drug-likeness (QED) is 0.0783. The van der Waals surface area contributed by atoms with Crippen molar-refractivity contribution in [1.29, 1.82) is 0 Å². The summed E-state index contributed by atoms with van der Waals surface area (Å²) in [5, 5.41) is 12.4. The highest BCUT2D eigenvalue weighted by molar-refractivity contribution is 6.30. The van der Waals surface area contributed by atoms with Gasteiger partial charge in [0.05, 0.1) is 5.56 Å². The maximum Gasteiger partial charge on any atom is 0.416 e. The molecular weight excluding hydrogens is 932 g/mol. The third-order valence-electron chi connectivity index (χ3n) is 14.9. The molecule has 0 aromatic heterocycles. The van der Waals surface area contributed by atoms with Gasteiger partial charge < -0.3 is 31.1 Å². The summed E-state index contributed by atoms with van der Waals surface area (Å²) in [7, 11) is 8.48. The Balaban J connectivity index is 0.000000233. The number of halogens is 5. The topological polar surface area (TPSA) is 123 Å². The third-order valence-corrected chi connectivity index (χ3v) is 15.2. The minimum absolute atomic E-state index is 0.0184. The van der Waals surface area contributed by atoms with Gasteiger partial charge in [-0.05, 0) is 164 Å². The average molecular weight is 1000 g/mol. The molecule has 0 bridgehead atoms. The van der Waals surface area contributed by atoms with Gasteiger partial charge in [0, 0.05) is 66.5 Å². The van der Waals surface area contributed by atoms with Crippen LogP contribution in [0.3, 0.4) is 0 Å². The molecule has 4 aromatic rings. The molecule has 0 radical (unpaired) electrons. The van der Waals surface area contributed by atoms with E-state index < -0.39 is 30.0 Å². The summed E-state index contributed by atoms with van der Waals surface area (Å²) in [6, 6.07) is 27.6. The van der Waals surface area contributed by atoms with Gasteiger partial charge in [0.2, 0.25) is 23.6 Å². The van der Waals surface area contributed by atoms with Gasteiger partial charge in [0.25, 0.3) is 0 Å². The van der Waals surface area contributed by atoms with Gasteiger partial charge in [0.1, 0.15) is 5.82 Å². The predicted octanol–water partition coefficient (Wildman–Crippen LogP) is 9.46. The van der Waals surface area contributed by atoms with Crippen LogP contribution < -0.4 is 21.3 Å². The first-order valence-corrected chi connectivity index (χ1v) is 25.3. The summed E-state index contributed by atoms with van der Waals surface area (Å²) >= 11 is 6.20. The van der Waals surface area contributed by atoms with E-state index in [1.807, 2.05) is 24.3 Å². The average Bonchev–Trinajstić information content (AvgIpc) is 3.73. The lowest BCUT2D eigenvalue weighted by atomic mass is 9.74. The first kappa shape index (κ1) is 55.0. The zero-order chi connectivity index (χ0) is 51.3. The number of carbonyl (C=O) groups excluding carboxylic acids is 4. The number of nitrogens with zero attached hydrogens (tertiary/aromatic N) is 2. The molecule has 4 N–H and O–H groups in total. The lowest BCUT2D eigenvalue weighted by molar-refractivity contribution is -0.138. The summed E-state index contributed by atoms with van der Waals surface area (Å²) in [6.45, 7) is 1.69. The monoisotopic (exact) mass is 1000 g/mol. The molecule has 0 saturated heterocycles. The van der Waals surface area contributed by atoms with Gasteiger partial charge in [-0.2, -0.15) is 13.2 Å². The van der Waals surface area contributed by atoms with E-state index in [2.05, 4.69) is 115 Å².